The van der Waals surface area contributed by atoms with Gasteiger partial charge in [0.05, 0.1) is 0 Å². The smallest absolute Gasteiger partial charge is 0.258 e. The molecule has 182 valence electrons. The predicted molar refractivity (Wildman–Crippen MR) is 163 cm³/mol. The number of benzene rings is 6. The van der Waals surface area contributed by atoms with Gasteiger partial charge in [-0.15, -0.1) is 0 Å². The zero-order valence-corrected chi connectivity index (χ0v) is 21.3. The minimum Gasteiger partial charge on any atom is -0.458 e. The Bertz CT molecular complexity index is 1830. The standard InChI is InChI=1S/C36H24BNO/c1-4-13-25(14-5-1)28-19-10-21-30-34(28)37-35-29(26-15-6-2-7-16-26)20-11-23-32(35)39-33-24-12-22-31(36(33)37)38(30)27-17-8-3-9-18-27/h1-24H. The summed E-state index contributed by atoms with van der Waals surface area (Å²) in [4.78, 5) is 2.40. The molecule has 0 saturated heterocycles. The molecule has 6 aromatic carbocycles. The van der Waals surface area contributed by atoms with Crippen LogP contribution in [0.4, 0.5) is 17.1 Å². The van der Waals surface area contributed by atoms with Gasteiger partial charge in [0.25, 0.3) is 6.71 Å². The maximum absolute atomic E-state index is 6.70. The predicted octanol–water partition coefficient (Wildman–Crippen LogP) is 7.43. The van der Waals surface area contributed by atoms with Crippen LogP contribution in [0.15, 0.2) is 146 Å². The Hall–Kier alpha value is -5.02. The Morgan fingerprint density at radius 1 is 0.410 bits per heavy atom. The number of para-hydroxylation sites is 1. The van der Waals surface area contributed by atoms with Crippen LogP contribution in [0, 0.1) is 0 Å². The van der Waals surface area contributed by atoms with Crippen molar-refractivity contribution in [2.75, 3.05) is 4.90 Å². The first kappa shape index (κ1) is 22.0. The summed E-state index contributed by atoms with van der Waals surface area (Å²) in [6, 6.07) is 51.8. The first-order valence-electron chi connectivity index (χ1n) is 13.4. The molecule has 0 spiro atoms. The molecular weight excluding hydrogens is 473 g/mol. The second-order valence-corrected chi connectivity index (χ2v) is 10.1. The van der Waals surface area contributed by atoms with Gasteiger partial charge in [-0.2, -0.15) is 0 Å². The van der Waals surface area contributed by atoms with Crippen LogP contribution >= 0.6 is 0 Å². The summed E-state index contributed by atoms with van der Waals surface area (Å²) in [5.74, 6) is 1.85. The fourth-order valence-corrected chi connectivity index (χ4v) is 6.36. The summed E-state index contributed by atoms with van der Waals surface area (Å²) in [5.41, 5.74) is 12.1. The van der Waals surface area contributed by atoms with Gasteiger partial charge in [-0.25, -0.2) is 0 Å². The minimum absolute atomic E-state index is 0.0164. The second kappa shape index (κ2) is 8.78. The molecule has 8 rings (SSSR count). The molecule has 2 aliphatic heterocycles. The summed E-state index contributed by atoms with van der Waals surface area (Å²) in [6.45, 7) is 0.0164. The lowest BCUT2D eigenvalue weighted by atomic mass is 9.32. The topological polar surface area (TPSA) is 12.5 Å². The highest BCUT2D eigenvalue weighted by Gasteiger charge is 2.44. The van der Waals surface area contributed by atoms with Gasteiger partial charge in [-0.1, -0.05) is 109 Å². The Balaban J connectivity index is 1.50. The van der Waals surface area contributed by atoms with Crippen molar-refractivity contribution in [3.05, 3.63) is 146 Å². The van der Waals surface area contributed by atoms with E-state index in [9.17, 15) is 0 Å². The van der Waals surface area contributed by atoms with Crippen molar-refractivity contribution < 1.29 is 4.74 Å². The highest BCUT2D eigenvalue weighted by Crippen LogP contribution is 2.42. The molecule has 6 aromatic rings. The highest BCUT2D eigenvalue weighted by molar-refractivity contribution is 7.00. The van der Waals surface area contributed by atoms with Crippen LogP contribution in [0.2, 0.25) is 0 Å². The number of rotatable bonds is 3. The van der Waals surface area contributed by atoms with Crippen molar-refractivity contribution in [3.63, 3.8) is 0 Å². The van der Waals surface area contributed by atoms with Gasteiger partial charge in [-0.3, -0.25) is 0 Å². The zero-order valence-electron chi connectivity index (χ0n) is 21.3. The van der Waals surface area contributed by atoms with Crippen LogP contribution in [0.1, 0.15) is 0 Å². The fraction of sp³-hybridized carbons (Fsp3) is 0. The lowest BCUT2D eigenvalue weighted by molar-refractivity contribution is 0.487. The van der Waals surface area contributed by atoms with Crippen LogP contribution in [-0.4, -0.2) is 6.71 Å². The van der Waals surface area contributed by atoms with E-state index in [-0.39, 0.29) is 6.71 Å². The van der Waals surface area contributed by atoms with Gasteiger partial charge in [0, 0.05) is 17.1 Å². The Labute approximate surface area is 228 Å². The average molecular weight is 497 g/mol. The van der Waals surface area contributed by atoms with Gasteiger partial charge in [0.15, 0.2) is 0 Å². The van der Waals surface area contributed by atoms with E-state index in [1.807, 2.05) is 0 Å². The Morgan fingerprint density at radius 3 is 1.54 bits per heavy atom. The third-order valence-electron chi connectivity index (χ3n) is 7.94. The number of nitrogens with zero attached hydrogens (tertiary/aromatic N) is 1. The molecule has 2 nitrogen and oxygen atoms in total. The molecule has 0 bridgehead atoms. The number of hydrogen-bond acceptors (Lipinski definition) is 2. The molecule has 0 unspecified atom stereocenters. The van der Waals surface area contributed by atoms with E-state index >= 15 is 0 Å². The molecule has 0 fully saturated rings. The monoisotopic (exact) mass is 497 g/mol. The second-order valence-electron chi connectivity index (χ2n) is 10.1. The molecule has 2 heterocycles. The number of hydrogen-bond donors (Lipinski definition) is 0. The van der Waals surface area contributed by atoms with E-state index in [1.54, 1.807) is 0 Å². The minimum atomic E-state index is 0.0164. The van der Waals surface area contributed by atoms with E-state index in [2.05, 4.69) is 150 Å². The lowest BCUT2D eigenvalue weighted by Gasteiger charge is -2.41. The number of fused-ring (bicyclic) bond motifs is 4. The molecule has 0 amide bonds. The van der Waals surface area contributed by atoms with Crippen LogP contribution < -0.4 is 26.0 Å². The molecule has 0 aliphatic carbocycles. The summed E-state index contributed by atoms with van der Waals surface area (Å²) < 4.78 is 6.70. The lowest BCUT2D eigenvalue weighted by Crippen LogP contribution is -2.60. The molecule has 0 saturated carbocycles. The normalized spacial score (nSPS) is 12.7. The van der Waals surface area contributed by atoms with E-state index in [0.717, 1.165) is 22.9 Å². The fourth-order valence-electron chi connectivity index (χ4n) is 6.36. The Morgan fingerprint density at radius 2 is 0.897 bits per heavy atom. The zero-order chi connectivity index (χ0) is 25.8. The van der Waals surface area contributed by atoms with Crippen molar-refractivity contribution in [1.29, 1.82) is 0 Å². The van der Waals surface area contributed by atoms with Crippen LogP contribution in [0.3, 0.4) is 0 Å². The van der Waals surface area contributed by atoms with E-state index < -0.39 is 0 Å². The Kier molecular flexibility index (Phi) is 4.96. The van der Waals surface area contributed by atoms with E-state index in [0.29, 0.717) is 0 Å². The van der Waals surface area contributed by atoms with Crippen molar-refractivity contribution in [2.24, 2.45) is 0 Å². The molecule has 2 aliphatic rings. The van der Waals surface area contributed by atoms with E-state index in [4.69, 9.17) is 4.74 Å². The largest absolute Gasteiger partial charge is 0.458 e. The van der Waals surface area contributed by atoms with E-state index in [1.165, 1.54) is 44.3 Å². The summed E-state index contributed by atoms with van der Waals surface area (Å²) in [5, 5.41) is 0. The third kappa shape index (κ3) is 3.37. The van der Waals surface area contributed by atoms with Gasteiger partial charge >= 0.3 is 0 Å². The maximum atomic E-state index is 6.70. The first-order valence-corrected chi connectivity index (χ1v) is 13.4. The molecule has 0 radical (unpaired) electrons. The molecule has 0 aromatic heterocycles. The summed E-state index contributed by atoms with van der Waals surface area (Å²) >= 11 is 0. The quantitative estimate of drug-likeness (QED) is 0.236. The van der Waals surface area contributed by atoms with Gasteiger partial charge in [0.1, 0.15) is 11.5 Å². The van der Waals surface area contributed by atoms with Crippen LogP contribution in [0.25, 0.3) is 22.3 Å². The summed E-state index contributed by atoms with van der Waals surface area (Å²) in [6.07, 6.45) is 0. The van der Waals surface area contributed by atoms with Gasteiger partial charge < -0.3 is 9.64 Å². The average Bonchev–Trinajstić information content (AvgIpc) is 3.01. The number of anilines is 3. The number of ether oxygens (including phenoxy) is 1. The molecular formula is C36H24BNO. The summed E-state index contributed by atoms with van der Waals surface area (Å²) in [7, 11) is 0. The first-order chi connectivity index (χ1) is 19.4. The van der Waals surface area contributed by atoms with Crippen LogP contribution in [0.5, 0.6) is 11.5 Å². The van der Waals surface area contributed by atoms with Crippen molar-refractivity contribution in [2.45, 2.75) is 0 Å². The van der Waals surface area contributed by atoms with Gasteiger partial charge in [-0.05, 0) is 75.0 Å². The third-order valence-corrected chi connectivity index (χ3v) is 7.94. The maximum Gasteiger partial charge on any atom is 0.258 e. The SMILES string of the molecule is c1ccc(-c2cccc3c2B2c4c(cccc4N(c4ccccc4)c4cccc(-c5ccccc5)c42)O3)cc1. The molecule has 3 heteroatoms. The van der Waals surface area contributed by atoms with Crippen molar-refractivity contribution in [3.8, 4) is 33.8 Å². The highest BCUT2D eigenvalue weighted by atomic mass is 16.5. The van der Waals surface area contributed by atoms with Crippen molar-refractivity contribution >= 4 is 40.2 Å². The van der Waals surface area contributed by atoms with Crippen molar-refractivity contribution in [1.82, 2.24) is 0 Å². The van der Waals surface area contributed by atoms with Gasteiger partial charge in [0.2, 0.25) is 0 Å². The van der Waals surface area contributed by atoms with Crippen LogP contribution in [-0.2, 0) is 0 Å². The molecule has 0 N–H and O–H groups in total. The molecule has 0 atom stereocenters. The molecule has 39 heavy (non-hydrogen) atoms.